The van der Waals surface area contributed by atoms with E-state index in [-0.39, 0.29) is 17.9 Å². The van der Waals surface area contributed by atoms with Crippen molar-refractivity contribution in [1.82, 2.24) is 10.2 Å². The van der Waals surface area contributed by atoms with Gasteiger partial charge in [-0.15, -0.1) is 0 Å². The Kier molecular flexibility index (Phi) is 8.40. The second-order valence-corrected chi connectivity index (χ2v) is 8.90. The van der Waals surface area contributed by atoms with Crippen LogP contribution in [0.5, 0.6) is 5.75 Å². The zero-order chi connectivity index (χ0) is 21.5. The molecule has 6 nitrogen and oxygen atoms in total. The van der Waals surface area contributed by atoms with Gasteiger partial charge in [0.15, 0.2) is 0 Å². The molecule has 0 bridgehead atoms. The fourth-order valence-electron chi connectivity index (χ4n) is 4.55. The SMILES string of the molecule is CCOc1cc(NC(C)=O)c(Cl)cc1C(=O)NC1CCN(CC2CCCCC2)CC1. The number of hydrogen-bond acceptors (Lipinski definition) is 4. The Morgan fingerprint density at radius 3 is 2.47 bits per heavy atom. The van der Waals surface area contributed by atoms with Crippen LogP contribution in [0.15, 0.2) is 12.1 Å². The highest BCUT2D eigenvalue weighted by Crippen LogP contribution is 2.32. The summed E-state index contributed by atoms with van der Waals surface area (Å²) in [5, 5.41) is 6.14. The summed E-state index contributed by atoms with van der Waals surface area (Å²) in [5.74, 6) is 0.873. The number of benzene rings is 1. The third kappa shape index (κ3) is 6.35. The minimum atomic E-state index is -0.225. The molecule has 1 aromatic carbocycles. The van der Waals surface area contributed by atoms with Crippen LogP contribution < -0.4 is 15.4 Å². The molecule has 1 saturated carbocycles. The van der Waals surface area contributed by atoms with Gasteiger partial charge in [-0.05, 0) is 44.6 Å². The molecule has 2 amide bonds. The number of rotatable bonds is 7. The molecule has 0 unspecified atom stereocenters. The second kappa shape index (κ2) is 11.0. The highest BCUT2D eigenvalue weighted by Gasteiger charge is 2.25. The number of piperidine rings is 1. The number of hydrogen-bond donors (Lipinski definition) is 2. The van der Waals surface area contributed by atoms with E-state index in [9.17, 15) is 9.59 Å². The number of carbonyl (C=O) groups is 2. The quantitative estimate of drug-likeness (QED) is 0.662. The Hall–Kier alpha value is -1.79. The monoisotopic (exact) mass is 435 g/mol. The lowest BCUT2D eigenvalue weighted by atomic mass is 9.88. The maximum absolute atomic E-state index is 12.9. The van der Waals surface area contributed by atoms with E-state index in [0.717, 1.165) is 31.8 Å². The van der Waals surface area contributed by atoms with Crippen LogP contribution in [0.3, 0.4) is 0 Å². The summed E-state index contributed by atoms with van der Waals surface area (Å²) in [5.41, 5.74) is 0.848. The van der Waals surface area contributed by atoms with Gasteiger partial charge in [0.2, 0.25) is 5.91 Å². The first kappa shape index (κ1) is 22.9. The highest BCUT2D eigenvalue weighted by molar-refractivity contribution is 6.34. The molecule has 30 heavy (non-hydrogen) atoms. The highest BCUT2D eigenvalue weighted by atomic mass is 35.5. The largest absolute Gasteiger partial charge is 0.493 e. The fraction of sp³-hybridized carbons (Fsp3) is 0.652. The first-order valence-corrected chi connectivity index (χ1v) is 11.6. The molecule has 0 atom stereocenters. The van der Waals surface area contributed by atoms with Gasteiger partial charge in [-0.2, -0.15) is 0 Å². The molecule has 3 rings (SSSR count). The predicted molar refractivity (Wildman–Crippen MR) is 120 cm³/mol. The summed E-state index contributed by atoms with van der Waals surface area (Å²) in [6.45, 7) is 6.95. The van der Waals surface area contributed by atoms with Gasteiger partial charge in [0.25, 0.3) is 5.91 Å². The van der Waals surface area contributed by atoms with E-state index >= 15 is 0 Å². The molecule has 0 spiro atoms. The van der Waals surface area contributed by atoms with Crippen LogP contribution in [0, 0.1) is 5.92 Å². The molecule has 0 aromatic heterocycles. The van der Waals surface area contributed by atoms with Crippen molar-refractivity contribution >= 4 is 29.1 Å². The molecule has 7 heteroatoms. The maximum atomic E-state index is 12.9. The van der Waals surface area contributed by atoms with Crippen LogP contribution in [-0.2, 0) is 4.79 Å². The average Bonchev–Trinajstić information content (AvgIpc) is 2.72. The van der Waals surface area contributed by atoms with Crippen molar-refractivity contribution in [2.75, 3.05) is 31.6 Å². The van der Waals surface area contributed by atoms with Crippen molar-refractivity contribution in [3.05, 3.63) is 22.7 Å². The van der Waals surface area contributed by atoms with E-state index in [4.69, 9.17) is 16.3 Å². The zero-order valence-corrected chi connectivity index (χ0v) is 18.9. The van der Waals surface area contributed by atoms with Crippen molar-refractivity contribution in [3.63, 3.8) is 0 Å². The summed E-state index contributed by atoms with van der Waals surface area (Å²) in [7, 11) is 0. The minimum absolute atomic E-state index is 0.156. The van der Waals surface area contributed by atoms with Gasteiger partial charge in [0.1, 0.15) is 5.75 Å². The standard InChI is InChI=1S/C23H34ClN3O3/c1-3-30-22-14-21(25-16(2)28)20(24)13-19(22)23(29)26-18-9-11-27(12-10-18)15-17-7-5-4-6-8-17/h13-14,17-18H,3-12,15H2,1-2H3,(H,25,28)(H,26,29). The Balaban J connectivity index is 1.57. The first-order chi connectivity index (χ1) is 14.5. The van der Waals surface area contributed by atoms with Crippen LogP contribution >= 0.6 is 11.6 Å². The number of likely N-dealkylation sites (tertiary alicyclic amines) is 1. The van der Waals surface area contributed by atoms with Gasteiger partial charge < -0.3 is 20.3 Å². The lowest BCUT2D eigenvalue weighted by molar-refractivity contribution is -0.114. The minimum Gasteiger partial charge on any atom is -0.493 e. The predicted octanol–water partition coefficient (Wildman–Crippen LogP) is 4.47. The Morgan fingerprint density at radius 2 is 1.83 bits per heavy atom. The number of halogens is 1. The van der Waals surface area contributed by atoms with E-state index in [1.165, 1.54) is 45.6 Å². The van der Waals surface area contributed by atoms with Gasteiger partial charge in [0, 0.05) is 38.7 Å². The first-order valence-electron chi connectivity index (χ1n) is 11.2. The number of anilines is 1. The van der Waals surface area contributed by atoms with E-state index < -0.39 is 0 Å². The molecule has 1 aliphatic carbocycles. The van der Waals surface area contributed by atoms with Crippen molar-refractivity contribution < 1.29 is 14.3 Å². The van der Waals surface area contributed by atoms with Crippen molar-refractivity contribution in [2.45, 2.75) is 64.8 Å². The van der Waals surface area contributed by atoms with Crippen LogP contribution in [0.2, 0.25) is 5.02 Å². The Bertz CT molecular complexity index is 741. The summed E-state index contributed by atoms with van der Waals surface area (Å²) < 4.78 is 5.65. The number of nitrogens with zero attached hydrogens (tertiary/aromatic N) is 1. The van der Waals surface area contributed by atoms with Crippen LogP contribution in [-0.4, -0.2) is 49.0 Å². The van der Waals surface area contributed by atoms with Gasteiger partial charge >= 0.3 is 0 Å². The fourth-order valence-corrected chi connectivity index (χ4v) is 4.76. The van der Waals surface area contributed by atoms with E-state index in [1.807, 2.05) is 6.92 Å². The Labute approximate surface area is 184 Å². The Morgan fingerprint density at radius 1 is 1.13 bits per heavy atom. The molecule has 166 valence electrons. The molecule has 1 aliphatic heterocycles. The second-order valence-electron chi connectivity index (χ2n) is 8.49. The third-order valence-corrected chi connectivity index (χ3v) is 6.40. The third-order valence-electron chi connectivity index (χ3n) is 6.09. The van der Waals surface area contributed by atoms with Crippen molar-refractivity contribution in [2.24, 2.45) is 5.92 Å². The van der Waals surface area contributed by atoms with Gasteiger partial charge in [0.05, 0.1) is 22.9 Å². The molecule has 1 saturated heterocycles. The normalized spacial score (nSPS) is 18.8. The smallest absolute Gasteiger partial charge is 0.255 e. The summed E-state index contributed by atoms with van der Waals surface area (Å²) >= 11 is 6.29. The number of carbonyl (C=O) groups excluding carboxylic acids is 2. The maximum Gasteiger partial charge on any atom is 0.255 e. The number of nitrogens with one attached hydrogen (secondary N) is 2. The number of ether oxygens (including phenoxy) is 1. The molecule has 0 radical (unpaired) electrons. The van der Waals surface area contributed by atoms with Crippen molar-refractivity contribution in [3.8, 4) is 5.75 Å². The summed E-state index contributed by atoms with van der Waals surface area (Å²) in [6.07, 6.45) is 8.80. The summed E-state index contributed by atoms with van der Waals surface area (Å²) in [4.78, 5) is 26.9. The van der Waals surface area contributed by atoms with E-state index in [0.29, 0.717) is 28.6 Å². The molecule has 2 aliphatic rings. The van der Waals surface area contributed by atoms with E-state index in [1.54, 1.807) is 12.1 Å². The molecule has 1 aromatic rings. The lowest BCUT2D eigenvalue weighted by Crippen LogP contribution is -2.46. The van der Waals surface area contributed by atoms with Crippen LogP contribution in [0.25, 0.3) is 0 Å². The molecule has 2 fully saturated rings. The molecular weight excluding hydrogens is 402 g/mol. The van der Waals surface area contributed by atoms with Crippen molar-refractivity contribution in [1.29, 1.82) is 0 Å². The molecule has 2 N–H and O–H groups in total. The van der Waals surface area contributed by atoms with E-state index in [2.05, 4.69) is 15.5 Å². The number of amides is 2. The van der Waals surface area contributed by atoms with Gasteiger partial charge in [-0.1, -0.05) is 30.9 Å². The topological polar surface area (TPSA) is 70.7 Å². The summed E-state index contributed by atoms with van der Waals surface area (Å²) in [6, 6.07) is 3.35. The lowest BCUT2D eigenvalue weighted by Gasteiger charge is -2.35. The van der Waals surface area contributed by atoms with Crippen LogP contribution in [0.4, 0.5) is 5.69 Å². The average molecular weight is 436 g/mol. The van der Waals surface area contributed by atoms with Gasteiger partial charge in [-0.3, -0.25) is 9.59 Å². The molecular formula is C23H34ClN3O3. The molecule has 1 heterocycles. The van der Waals surface area contributed by atoms with Gasteiger partial charge in [-0.25, -0.2) is 0 Å². The van der Waals surface area contributed by atoms with Crippen LogP contribution in [0.1, 0.15) is 69.2 Å². The zero-order valence-electron chi connectivity index (χ0n) is 18.1.